The van der Waals surface area contributed by atoms with Gasteiger partial charge >= 0.3 is 0 Å². The quantitative estimate of drug-likeness (QED) is 0.892. The van der Waals surface area contributed by atoms with Gasteiger partial charge in [-0.05, 0) is 31.9 Å². The first-order valence-electron chi connectivity index (χ1n) is 8.25. The second-order valence-corrected chi connectivity index (χ2v) is 6.30. The van der Waals surface area contributed by atoms with Gasteiger partial charge in [-0.15, -0.1) is 0 Å². The Morgan fingerprint density at radius 3 is 2.92 bits per heavy atom. The van der Waals surface area contributed by atoms with Gasteiger partial charge in [-0.25, -0.2) is 0 Å². The molecule has 126 valence electrons. The molecule has 0 spiro atoms. The number of rotatable bonds is 4. The predicted octanol–water partition coefficient (Wildman–Crippen LogP) is 1.47. The second kappa shape index (κ2) is 7.40. The van der Waals surface area contributed by atoms with Gasteiger partial charge in [0.2, 0.25) is 5.43 Å². The van der Waals surface area contributed by atoms with Crippen molar-refractivity contribution in [3.05, 3.63) is 63.6 Å². The number of carbonyl (C=O) groups is 1. The third kappa shape index (κ3) is 4.08. The summed E-state index contributed by atoms with van der Waals surface area (Å²) < 4.78 is 0. The molecule has 1 aliphatic rings. The van der Waals surface area contributed by atoms with Crippen molar-refractivity contribution in [1.82, 2.24) is 20.4 Å². The van der Waals surface area contributed by atoms with Gasteiger partial charge in [-0.2, -0.15) is 5.10 Å². The van der Waals surface area contributed by atoms with E-state index in [9.17, 15) is 9.59 Å². The van der Waals surface area contributed by atoms with Crippen molar-refractivity contribution >= 4 is 5.91 Å². The van der Waals surface area contributed by atoms with Crippen LogP contribution in [0.2, 0.25) is 0 Å². The zero-order chi connectivity index (χ0) is 16.9. The van der Waals surface area contributed by atoms with E-state index in [-0.39, 0.29) is 17.2 Å². The van der Waals surface area contributed by atoms with E-state index < -0.39 is 5.91 Å². The van der Waals surface area contributed by atoms with Crippen molar-refractivity contribution in [2.24, 2.45) is 0 Å². The fourth-order valence-electron chi connectivity index (χ4n) is 3.07. The molecule has 1 saturated heterocycles. The molecular formula is C18H22N4O2. The normalized spacial score (nSPS) is 18.3. The number of amides is 1. The summed E-state index contributed by atoms with van der Waals surface area (Å²) in [7, 11) is 0. The number of likely N-dealkylation sites (tertiary alicyclic amines) is 1. The van der Waals surface area contributed by atoms with E-state index in [1.807, 2.05) is 18.2 Å². The highest BCUT2D eigenvalue weighted by Gasteiger charge is 2.23. The van der Waals surface area contributed by atoms with E-state index >= 15 is 0 Å². The third-order valence-electron chi connectivity index (χ3n) is 4.23. The van der Waals surface area contributed by atoms with Crippen LogP contribution in [0.4, 0.5) is 0 Å². The Morgan fingerprint density at radius 2 is 2.17 bits per heavy atom. The fourth-order valence-corrected chi connectivity index (χ4v) is 3.07. The minimum Gasteiger partial charge on any atom is -0.346 e. The number of benzene rings is 1. The molecule has 1 aliphatic heterocycles. The van der Waals surface area contributed by atoms with Gasteiger partial charge in [0, 0.05) is 30.9 Å². The van der Waals surface area contributed by atoms with Crippen LogP contribution >= 0.6 is 0 Å². The summed E-state index contributed by atoms with van der Waals surface area (Å²) in [5.74, 6) is -0.400. The zero-order valence-electron chi connectivity index (χ0n) is 13.8. The van der Waals surface area contributed by atoms with Crippen LogP contribution in [0, 0.1) is 6.92 Å². The summed E-state index contributed by atoms with van der Waals surface area (Å²) in [4.78, 5) is 26.5. The smallest absolute Gasteiger partial charge is 0.276 e. The first kappa shape index (κ1) is 16.4. The Hall–Kier alpha value is -2.47. The van der Waals surface area contributed by atoms with Crippen LogP contribution in [0.15, 0.2) is 41.2 Å². The monoisotopic (exact) mass is 326 g/mol. The molecule has 1 amide bonds. The first-order valence-corrected chi connectivity index (χ1v) is 8.25. The van der Waals surface area contributed by atoms with Crippen LogP contribution in [0.5, 0.6) is 0 Å². The molecule has 0 saturated carbocycles. The summed E-state index contributed by atoms with van der Waals surface area (Å²) in [6, 6.07) is 11.7. The van der Waals surface area contributed by atoms with Gasteiger partial charge in [-0.1, -0.05) is 30.3 Å². The molecule has 1 aromatic heterocycles. The zero-order valence-corrected chi connectivity index (χ0v) is 13.8. The van der Waals surface area contributed by atoms with Crippen molar-refractivity contribution in [2.75, 3.05) is 13.1 Å². The maximum absolute atomic E-state index is 12.3. The average molecular weight is 326 g/mol. The van der Waals surface area contributed by atoms with E-state index in [2.05, 4.69) is 32.5 Å². The van der Waals surface area contributed by atoms with Crippen LogP contribution in [0.1, 0.15) is 34.6 Å². The summed E-state index contributed by atoms with van der Waals surface area (Å²) in [6.45, 7) is 4.41. The Labute approximate surface area is 140 Å². The summed E-state index contributed by atoms with van der Waals surface area (Å²) >= 11 is 0. The van der Waals surface area contributed by atoms with E-state index in [0.29, 0.717) is 5.69 Å². The summed E-state index contributed by atoms with van der Waals surface area (Å²) in [6.07, 6.45) is 1.94. The van der Waals surface area contributed by atoms with Crippen molar-refractivity contribution in [3.8, 4) is 0 Å². The van der Waals surface area contributed by atoms with Gasteiger partial charge < -0.3 is 5.32 Å². The molecule has 2 aromatic rings. The maximum Gasteiger partial charge on any atom is 0.276 e. The highest BCUT2D eigenvalue weighted by atomic mass is 16.2. The third-order valence-corrected chi connectivity index (χ3v) is 4.23. The van der Waals surface area contributed by atoms with Crippen molar-refractivity contribution in [1.29, 1.82) is 0 Å². The largest absolute Gasteiger partial charge is 0.346 e. The standard InChI is InChI=1S/C18H22N4O2/c1-13-10-16(23)17(21-20-13)18(24)19-15-8-5-9-22(12-15)11-14-6-3-2-4-7-14/h2-4,6-7,10,15H,5,8-9,11-12H2,1H3,(H,19,24)(H,20,23). The number of hydrogen-bond acceptors (Lipinski definition) is 4. The fraction of sp³-hybridized carbons (Fsp3) is 0.389. The first-order chi connectivity index (χ1) is 11.6. The molecule has 0 aliphatic carbocycles. The van der Waals surface area contributed by atoms with Gasteiger partial charge in [0.1, 0.15) is 0 Å². The van der Waals surface area contributed by atoms with Crippen molar-refractivity contribution < 1.29 is 4.79 Å². The van der Waals surface area contributed by atoms with Crippen molar-refractivity contribution in [3.63, 3.8) is 0 Å². The molecule has 2 N–H and O–H groups in total. The second-order valence-electron chi connectivity index (χ2n) is 6.30. The van der Waals surface area contributed by atoms with E-state index in [4.69, 9.17) is 0 Å². The molecule has 0 radical (unpaired) electrons. The molecule has 1 unspecified atom stereocenters. The number of aromatic amines is 1. The molecule has 24 heavy (non-hydrogen) atoms. The molecular weight excluding hydrogens is 304 g/mol. The highest BCUT2D eigenvalue weighted by Crippen LogP contribution is 2.14. The number of piperidine rings is 1. The van der Waals surface area contributed by atoms with Crippen molar-refractivity contribution in [2.45, 2.75) is 32.4 Å². The van der Waals surface area contributed by atoms with Gasteiger partial charge in [0.25, 0.3) is 5.91 Å². The number of aromatic nitrogens is 2. The Kier molecular flexibility index (Phi) is 5.05. The Bertz CT molecular complexity index is 757. The van der Waals surface area contributed by atoms with Crippen LogP contribution in [-0.2, 0) is 6.54 Å². The molecule has 2 heterocycles. The lowest BCUT2D eigenvalue weighted by atomic mass is 10.0. The number of aryl methyl sites for hydroxylation is 1. The van der Waals surface area contributed by atoms with Gasteiger partial charge in [0.05, 0.1) is 0 Å². The molecule has 1 fully saturated rings. The SMILES string of the molecule is Cc1cc(=O)c(C(=O)NC2CCCN(Cc3ccccc3)C2)n[nH]1. The van der Waals surface area contributed by atoms with Crippen LogP contribution in [0.25, 0.3) is 0 Å². The van der Waals surface area contributed by atoms with E-state index in [1.54, 1.807) is 6.92 Å². The molecule has 1 aromatic carbocycles. The molecule has 1 atom stereocenters. The Morgan fingerprint density at radius 1 is 1.38 bits per heavy atom. The van der Waals surface area contributed by atoms with E-state index in [1.165, 1.54) is 11.6 Å². The number of nitrogens with one attached hydrogen (secondary N) is 2. The number of H-pyrrole nitrogens is 1. The van der Waals surface area contributed by atoms with Gasteiger partial charge in [0.15, 0.2) is 5.69 Å². The molecule has 0 bridgehead atoms. The minimum atomic E-state index is -0.400. The van der Waals surface area contributed by atoms with Crippen LogP contribution < -0.4 is 10.7 Å². The maximum atomic E-state index is 12.3. The topological polar surface area (TPSA) is 78.1 Å². The highest BCUT2D eigenvalue weighted by molar-refractivity contribution is 5.92. The lowest BCUT2D eigenvalue weighted by Gasteiger charge is -2.33. The molecule has 6 heteroatoms. The van der Waals surface area contributed by atoms with Crippen LogP contribution in [-0.4, -0.2) is 40.1 Å². The summed E-state index contributed by atoms with van der Waals surface area (Å²) in [5.41, 5.74) is 1.49. The summed E-state index contributed by atoms with van der Waals surface area (Å²) in [5, 5.41) is 9.49. The van der Waals surface area contributed by atoms with E-state index in [0.717, 1.165) is 32.5 Å². The van der Waals surface area contributed by atoms with Crippen LogP contribution in [0.3, 0.4) is 0 Å². The molecule has 6 nitrogen and oxygen atoms in total. The van der Waals surface area contributed by atoms with Gasteiger partial charge in [-0.3, -0.25) is 19.6 Å². The molecule has 3 rings (SSSR count). The average Bonchev–Trinajstić information content (AvgIpc) is 2.56. The number of carbonyl (C=O) groups excluding carboxylic acids is 1. The minimum absolute atomic E-state index is 0.0393. The lowest BCUT2D eigenvalue weighted by molar-refractivity contribution is 0.0893. The number of nitrogens with zero attached hydrogens (tertiary/aromatic N) is 2. The number of hydrogen-bond donors (Lipinski definition) is 2. The predicted molar refractivity (Wildman–Crippen MR) is 91.8 cm³/mol. The lowest BCUT2D eigenvalue weighted by Crippen LogP contribution is -2.48. The Balaban J connectivity index is 1.60.